The highest BCUT2D eigenvalue weighted by Crippen LogP contribution is 2.37. The summed E-state index contributed by atoms with van der Waals surface area (Å²) in [5.41, 5.74) is 2.97. The fourth-order valence-corrected chi connectivity index (χ4v) is 5.58. The molecule has 1 fully saturated rings. The van der Waals surface area contributed by atoms with Gasteiger partial charge in [-0.1, -0.05) is 47.5 Å². The number of rotatable bonds is 4. The van der Waals surface area contributed by atoms with Crippen molar-refractivity contribution in [1.29, 1.82) is 0 Å². The second-order valence-corrected chi connectivity index (χ2v) is 9.64. The van der Waals surface area contributed by atoms with E-state index in [4.69, 9.17) is 23.2 Å². The van der Waals surface area contributed by atoms with Gasteiger partial charge in [0, 0.05) is 47.0 Å². The Balaban J connectivity index is 1.36. The van der Waals surface area contributed by atoms with Gasteiger partial charge >= 0.3 is 0 Å². The third kappa shape index (κ3) is 4.72. The van der Waals surface area contributed by atoms with Gasteiger partial charge in [-0.05, 0) is 37.1 Å². The van der Waals surface area contributed by atoms with Crippen LogP contribution in [0.15, 0.2) is 36.4 Å². The zero-order valence-corrected chi connectivity index (χ0v) is 19.7. The van der Waals surface area contributed by atoms with E-state index in [1.165, 1.54) is 11.3 Å². The molecule has 8 heteroatoms. The number of amides is 2. The second kappa shape index (κ2) is 9.17. The van der Waals surface area contributed by atoms with Crippen LogP contribution in [0.25, 0.3) is 10.1 Å². The molecule has 1 saturated heterocycles. The van der Waals surface area contributed by atoms with Crippen LogP contribution >= 0.6 is 34.5 Å². The van der Waals surface area contributed by atoms with Crippen molar-refractivity contribution in [2.75, 3.05) is 38.0 Å². The monoisotopic (exact) mass is 475 g/mol. The molecule has 162 valence electrons. The first-order valence-electron chi connectivity index (χ1n) is 10.1. The number of piperazine rings is 1. The SMILES string of the molecule is Cc1cccc(C)c1NC(=O)CN1CCN(C(=O)c2sc3cc(Cl)ccc3c2Cl)CC1. The topological polar surface area (TPSA) is 52.7 Å². The third-order valence-electron chi connectivity index (χ3n) is 5.56. The van der Waals surface area contributed by atoms with Gasteiger partial charge in [-0.2, -0.15) is 0 Å². The number of nitrogens with zero attached hydrogens (tertiary/aromatic N) is 2. The van der Waals surface area contributed by atoms with Crippen LogP contribution in [0.2, 0.25) is 10.0 Å². The van der Waals surface area contributed by atoms with Crippen molar-refractivity contribution in [3.63, 3.8) is 0 Å². The van der Waals surface area contributed by atoms with E-state index < -0.39 is 0 Å². The van der Waals surface area contributed by atoms with E-state index in [0.717, 1.165) is 26.9 Å². The average molecular weight is 476 g/mol. The number of para-hydroxylation sites is 1. The first-order chi connectivity index (χ1) is 14.8. The molecule has 31 heavy (non-hydrogen) atoms. The van der Waals surface area contributed by atoms with E-state index in [1.54, 1.807) is 11.0 Å². The highest BCUT2D eigenvalue weighted by atomic mass is 35.5. The van der Waals surface area contributed by atoms with E-state index in [2.05, 4.69) is 10.2 Å². The molecule has 1 aliphatic rings. The number of hydrogen-bond donors (Lipinski definition) is 1. The maximum absolute atomic E-state index is 13.0. The summed E-state index contributed by atoms with van der Waals surface area (Å²) in [4.78, 5) is 30.0. The lowest BCUT2D eigenvalue weighted by molar-refractivity contribution is -0.117. The zero-order chi connectivity index (χ0) is 22.1. The molecule has 0 atom stereocenters. The van der Waals surface area contributed by atoms with Gasteiger partial charge in [0.2, 0.25) is 5.91 Å². The fraction of sp³-hybridized carbons (Fsp3) is 0.304. The first kappa shape index (κ1) is 22.1. The average Bonchev–Trinajstić information content (AvgIpc) is 3.06. The Kier molecular flexibility index (Phi) is 6.53. The van der Waals surface area contributed by atoms with E-state index in [0.29, 0.717) is 47.6 Å². The van der Waals surface area contributed by atoms with Crippen LogP contribution in [-0.2, 0) is 4.79 Å². The molecule has 3 aromatic rings. The van der Waals surface area contributed by atoms with Crippen LogP contribution in [0.4, 0.5) is 5.69 Å². The van der Waals surface area contributed by atoms with Crippen LogP contribution in [0.1, 0.15) is 20.8 Å². The number of carbonyl (C=O) groups is 2. The summed E-state index contributed by atoms with van der Waals surface area (Å²) in [5, 5.41) is 4.98. The van der Waals surface area contributed by atoms with Crippen LogP contribution in [0.5, 0.6) is 0 Å². The summed E-state index contributed by atoms with van der Waals surface area (Å²) < 4.78 is 0.905. The number of aryl methyl sites for hydroxylation is 2. The summed E-state index contributed by atoms with van der Waals surface area (Å²) in [5.74, 6) is -0.108. The maximum Gasteiger partial charge on any atom is 0.265 e. The van der Waals surface area contributed by atoms with Gasteiger partial charge in [0.25, 0.3) is 5.91 Å². The van der Waals surface area contributed by atoms with E-state index in [-0.39, 0.29) is 11.8 Å². The molecule has 1 aliphatic heterocycles. The molecule has 0 unspecified atom stereocenters. The van der Waals surface area contributed by atoms with E-state index in [9.17, 15) is 9.59 Å². The Morgan fingerprint density at radius 2 is 1.71 bits per heavy atom. The number of benzene rings is 2. The normalized spacial score (nSPS) is 14.8. The Morgan fingerprint density at radius 1 is 1.03 bits per heavy atom. The molecule has 4 rings (SSSR count). The molecule has 1 N–H and O–H groups in total. The lowest BCUT2D eigenvalue weighted by atomic mass is 10.1. The molecule has 2 heterocycles. The lowest BCUT2D eigenvalue weighted by Crippen LogP contribution is -2.50. The molecule has 2 amide bonds. The van der Waals surface area contributed by atoms with Gasteiger partial charge in [-0.25, -0.2) is 0 Å². The van der Waals surface area contributed by atoms with Crippen LogP contribution in [-0.4, -0.2) is 54.3 Å². The van der Waals surface area contributed by atoms with Gasteiger partial charge in [-0.15, -0.1) is 11.3 Å². The molecule has 1 aromatic heterocycles. The molecule has 0 aliphatic carbocycles. The highest BCUT2D eigenvalue weighted by Gasteiger charge is 2.27. The third-order valence-corrected chi connectivity index (χ3v) is 7.44. The van der Waals surface area contributed by atoms with Crippen molar-refractivity contribution in [2.24, 2.45) is 0 Å². The van der Waals surface area contributed by atoms with Crippen molar-refractivity contribution in [2.45, 2.75) is 13.8 Å². The summed E-state index contributed by atoms with van der Waals surface area (Å²) >= 11 is 13.9. The number of hydrogen-bond acceptors (Lipinski definition) is 4. The predicted molar refractivity (Wildman–Crippen MR) is 129 cm³/mol. The predicted octanol–water partition coefficient (Wildman–Crippen LogP) is 5.22. The standard InChI is InChI=1S/C23H23Cl2N3O2S/c1-14-4-3-5-15(2)21(14)26-19(29)13-27-8-10-28(11-9-27)23(30)22-20(25)17-7-6-16(24)12-18(17)31-22/h3-7,12H,8-11,13H2,1-2H3,(H,26,29). The molecule has 0 bridgehead atoms. The van der Waals surface area contributed by atoms with E-state index >= 15 is 0 Å². The van der Waals surface area contributed by atoms with Gasteiger partial charge in [-0.3, -0.25) is 14.5 Å². The molecular weight excluding hydrogens is 453 g/mol. The Morgan fingerprint density at radius 3 is 2.39 bits per heavy atom. The van der Waals surface area contributed by atoms with Crippen molar-refractivity contribution in [1.82, 2.24) is 9.80 Å². The molecule has 5 nitrogen and oxygen atoms in total. The van der Waals surface area contributed by atoms with Crippen molar-refractivity contribution in [3.8, 4) is 0 Å². The molecule has 0 saturated carbocycles. The minimum Gasteiger partial charge on any atom is -0.335 e. The minimum absolute atomic E-state index is 0.0402. The minimum atomic E-state index is -0.0676. The summed E-state index contributed by atoms with van der Waals surface area (Å²) in [7, 11) is 0. The van der Waals surface area contributed by atoms with Crippen molar-refractivity contribution in [3.05, 3.63) is 62.4 Å². The summed E-state index contributed by atoms with van der Waals surface area (Å²) in [6.45, 7) is 6.67. The van der Waals surface area contributed by atoms with Crippen molar-refractivity contribution >= 4 is 62.1 Å². The maximum atomic E-state index is 13.0. The number of fused-ring (bicyclic) bond motifs is 1. The summed E-state index contributed by atoms with van der Waals surface area (Å²) in [6, 6.07) is 11.4. The lowest BCUT2D eigenvalue weighted by Gasteiger charge is -2.34. The number of thiophene rings is 1. The first-order valence-corrected chi connectivity index (χ1v) is 11.7. The van der Waals surface area contributed by atoms with Crippen LogP contribution in [0.3, 0.4) is 0 Å². The zero-order valence-electron chi connectivity index (χ0n) is 17.4. The molecule has 0 spiro atoms. The molecule has 2 aromatic carbocycles. The van der Waals surface area contributed by atoms with Gasteiger partial charge in [0.05, 0.1) is 11.6 Å². The smallest absolute Gasteiger partial charge is 0.265 e. The Labute approximate surface area is 195 Å². The van der Waals surface area contributed by atoms with Crippen molar-refractivity contribution < 1.29 is 9.59 Å². The Hall–Kier alpha value is -2.12. The van der Waals surface area contributed by atoms with Gasteiger partial charge in [0.1, 0.15) is 4.88 Å². The van der Waals surface area contributed by atoms with Crippen LogP contribution < -0.4 is 5.32 Å². The fourth-order valence-electron chi connectivity index (χ4n) is 3.82. The second-order valence-electron chi connectivity index (χ2n) is 7.77. The number of carbonyl (C=O) groups excluding carboxylic acids is 2. The number of nitrogens with one attached hydrogen (secondary N) is 1. The van der Waals surface area contributed by atoms with Crippen LogP contribution in [0, 0.1) is 13.8 Å². The Bertz CT molecular complexity index is 1130. The summed E-state index contributed by atoms with van der Waals surface area (Å²) in [6.07, 6.45) is 0. The quantitative estimate of drug-likeness (QED) is 0.562. The molecule has 0 radical (unpaired) electrons. The molecular formula is C23H23Cl2N3O2S. The highest BCUT2D eigenvalue weighted by molar-refractivity contribution is 7.21. The van der Waals surface area contributed by atoms with E-state index in [1.807, 2.05) is 44.2 Å². The number of halogens is 2. The van der Waals surface area contributed by atoms with Gasteiger partial charge in [0.15, 0.2) is 0 Å². The van der Waals surface area contributed by atoms with Gasteiger partial charge < -0.3 is 10.2 Å². The largest absolute Gasteiger partial charge is 0.335 e. The number of anilines is 1.